The van der Waals surface area contributed by atoms with Crippen LogP contribution in [0.2, 0.25) is 0 Å². The fourth-order valence-electron chi connectivity index (χ4n) is 10.5. The summed E-state index contributed by atoms with van der Waals surface area (Å²) in [5.41, 5.74) is 0. The van der Waals surface area contributed by atoms with Crippen molar-refractivity contribution in [1.29, 1.82) is 0 Å². The molecule has 0 aliphatic rings. The van der Waals surface area contributed by atoms with E-state index in [9.17, 15) is 52.7 Å². The molecule has 0 fully saturated rings. The van der Waals surface area contributed by atoms with Crippen molar-refractivity contribution in [1.82, 2.24) is 57.2 Å². The molecule has 628 valence electrons. The number of hydrogen-bond donors (Lipinski definition) is 11. The van der Waals surface area contributed by atoms with Crippen LogP contribution in [0.25, 0.3) is 0 Å². The standard InChI is InChI=1S/C73H140N14O21/c1-3-4-5-13-28-63(88)77-36-21-6-14-29-67(92)81-40-44-85(45-41-82-68(93)30-15-7-22-37-78-64(89)33-18-10-25-50-106-74)71(96)103-60-57-100-53-48-87(73(98)105-62-59-102-56-55-99-2)49-54-101-58-61-104-72(97)86(46-42-83-69(94)31-16-8-23-38-79-65(90)34-19-11-26-51-107-75)47-43-84-70(95)32-17-9-24-39-80-66(91)35-20-12-27-52-108-76/h3-62,74-76H2,1-2H3,(H,77,88)(H,78,89)(H,79,90)(H,80,91)(H,81,92)(H,82,93)(H,83,94)(H,84,95). The number of rotatable bonds is 77. The van der Waals surface area contributed by atoms with E-state index >= 15 is 0 Å². The van der Waals surface area contributed by atoms with Crippen LogP contribution in [-0.2, 0) is 86.0 Å². The van der Waals surface area contributed by atoms with Gasteiger partial charge in [0.15, 0.2) is 0 Å². The molecule has 0 aromatic rings. The molecule has 14 N–H and O–H groups in total. The zero-order valence-electron chi connectivity index (χ0n) is 65.6. The molecule has 0 atom stereocenters. The van der Waals surface area contributed by atoms with Crippen LogP contribution in [0.5, 0.6) is 0 Å². The minimum atomic E-state index is -0.704. The first-order valence-electron chi connectivity index (χ1n) is 39.7. The highest BCUT2D eigenvalue weighted by molar-refractivity contribution is 5.79. The molecule has 35 heteroatoms. The van der Waals surface area contributed by atoms with Crippen LogP contribution in [0.4, 0.5) is 14.4 Å². The van der Waals surface area contributed by atoms with Crippen LogP contribution < -0.4 is 60.2 Å². The van der Waals surface area contributed by atoms with E-state index in [4.69, 9.17) is 50.8 Å². The number of nitrogens with two attached hydrogens (primary N) is 3. The minimum Gasteiger partial charge on any atom is -0.447 e. The first kappa shape index (κ1) is 101. The largest absolute Gasteiger partial charge is 0.447 e. The summed E-state index contributed by atoms with van der Waals surface area (Å²) in [5.74, 6) is 14.3. The maximum atomic E-state index is 13.5. The molecule has 11 amide bonds. The third kappa shape index (κ3) is 68.4. The van der Waals surface area contributed by atoms with E-state index in [0.717, 1.165) is 122 Å². The Balaban J connectivity index is 5.54. The Morgan fingerprint density at radius 2 is 0.463 bits per heavy atom. The molecule has 108 heavy (non-hydrogen) atoms. The van der Waals surface area contributed by atoms with E-state index in [2.05, 4.69) is 64.0 Å². The molecule has 0 aliphatic heterocycles. The van der Waals surface area contributed by atoms with Gasteiger partial charge < -0.3 is 105 Å². The Morgan fingerprint density at radius 3 is 0.713 bits per heavy atom. The van der Waals surface area contributed by atoms with Crippen molar-refractivity contribution in [3.8, 4) is 0 Å². The Morgan fingerprint density at radius 1 is 0.241 bits per heavy atom. The van der Waals surface area contributed by atoms with Crippen molar-refractivity contribution in [3.05, 3.63) is 0 Å². The molecule has 0 aliphatic carbocycles. The lowest BCUT2D eigenvalue weighted by Crippen LogP contribution is -2.43. The van der Waals surface area contributed by atoms with Crippen LogP contribution in [-0.4, -0.2) is 265 Å². The van der Waals surface area contributed by atoms with E-state index in [1.54, 1.807) is 0 Å². The minimum absolute atomic E-state index is 0.00486. The van der Waals surface area contributed by atoms with Gasteiger partial charge in [0.05, 0.1) is 66.1 Å². The van der Waals surface area contributed by atoms with Crippen LogP contribution in [0, 0.1) is 0 Å². The molecule has 0 unspecified atom stereocenters. The number of hydrogen-bond acceptors (Lipinski definition) is 24. The van der Waals surface area contributed by atoms with Gasteiger partial charge in [-0.2, -0.15) is 0 Å². The van der Waals surface area contributed by atoms with E-state index in [-0.39, 0.29) is 191 Å². The summed E-state index contributed by atoms with van der Waals surface area (Å²) >= 11 is 0. The van der Waals surface area contributed by atoms with Gasteiger partial charge in [0.2, 0.25) is 47.3 Å². The number of ether oxygens (including phenoxy) is 7. The molecule has 0 saturated heterocycles. The summed E-state index contributed by atoms with van der Waals surface area (Å²) in [6.45, 7) is 6.78. The first-order valence-corrected chi connectivity index (χ1v) is 39.7. The number of unbranched alkanes of at least 4 members (excludes halogenated alkanes) is 17. The fraction of sp³-hybridized carbons (Fsp3) is 0.849. The molecule has 0 rings (SSSR count). The third-order valence-electron chi connectivity index (χ3n) is 16.8. The Kier molecular flexibility index (Phi) is 72.1. The summed E-state index contributed by atoms with van der Waals surface area (Å²) in [7, 11) is 1.54. The summed E-state index contributed by atoms with van der Waals surface area (Å²) in [5, 5.41) is 23.0. The van der Waals surface area contributed by atoms with Crippen LogP contribution in [0.1, 0.15) is 219 Å². The lowest BCUT2D eigenvalue weighted by molar-refractivity contribution is -0.122. The molecule has 0 spiro atoms. The quantitative estimate of drug-likeness (QED) is 0.0227. The molecule has 0 bridgehead atoms. The number of methoxy groups -OCH3 is 1. The van der Waals surface area contributed by atoms with Gasteiger partial charge in [0.1, 0.15) is 19.8 Å². The second-order valence-electron chi connectivity index (χ2n) is 26.0. The van der Waals surface area contributed by atoms with Crippen molar-refractivity contribution in [2.75, 3.05) is 185 Å². The number of nitrogens with zero attached hydrogens (tertiary/aromatic N) is 3. The van der Waals surface area contributed by atoms with Crippen LogP contribution in [0.15, 0.2) is 0 Å². The highest BCUT2D eigenvalue weighted by Crippen LogP contribution is 2.09. The van der Waals surface area contributed by atoms with Crippen molar-refractivity contribution >= 4 is 65.5 Å². The predicted octanol–water partition coefficient (Wildman–Crippen LogP) is 4.49. The van der Waals surface area contributed by atoms with Gasteiger partial charge in [-0.15, -0.1) is 0 Å². The summed E-state index contributed by atoms with van der Waals surface area (Å²) in [4.78, 5) is 158. The number of carbonyl (C=O) groups excluding carboxylic acids is 11. The van der Waals surface area contributed by atoms with Crippen molar-refractivity contribution in [3.63, 3.8) is 0 Å². The number of nitrogens with one attached hydrogen (secondary N) is 8. The average molecular weight is 1550 g/mol. The Labute approximate surface area is 641 Å². The number of carbonyl (C=O) groups is 11. The molecule has 35 nitrogen and oxygen atoms in total. The van der Waals surface area contributed by atoms with Gasteiger partial charge in [-0.25, -0.2) is 32.1 Å². The van der Waals surface area contributed by atoms with Crippen molar-refractivity contribution in [2.24, 2.45) is 17.7 Å². The monoisotopic (exact) mass is 1550 g/mol. The topological polar surface area (TPSA) is 464 Å². The lowest BCUT2D eigenvalue weighted by atomic mass is 10.1. The summed E-state index contributed by atoms with van der Waals surface area (Å²) < 4.78 is 38.6. The molecule has 0 radical (unpaired) electrons. The molecule has 0 aromatic heterocycles. The predicted molar refractivity (Wildman–Crippen MR) is 406 cm³/mol. The average Bonchev–Trinajstić information content (AvgIpc) is 0.949. The van der Waals surface area contributed by atoms with Crippen molar-refractivity contribution in [2.45, 2.75) is 219 Å². The van der Waals surface area contributed by atoms with E-state index in [0.29, 0.717) is 123 Å². The number of amides is 11. The fourth-order valence-corrected chi connectivity index (χ4v) is 10.5. The van der Waals surface area contributed by atoms with E-state index < -0.39 is 18.3 Å². The highest BCUT2D eigenvalue weighted by atomic mass is 16.6. The van der Waals surface area contributed by atoms with Crippen LogP contribution in [0.3, 0.4) is 0 Å². The summed E-state index contributed by atoms with van der Waals surface area (Å²) in [6.07, 6.45) is 20.3. The normalized spacial score (nSPS) is 10.9. The van der Waals surface area contributed by atoms with E-state index in [1.807, 2.05) is 0 Å². The molecule has 0 aromatic carbocycles. The second-order valence-corrected chi connectivity index (χ2v) is 26.0. The van der Waals surface area contributed by atoms with Gasteiger partial charge in [-0.3, -0.25) is 38.4 Å². The molecular formula is C73H140N14O21. The van der Waals surface area contributed by atoms with Gasteiger partial charge in [-0.05, 0) is 96.3 Å². The lowest BCUT2D eigenvalue weighted by Gasteiger charge is -2.23. The maximum absolute atomic E-state index is 13.5. The Bertz CT molecular complexity index is 2250. The van der Waals surface area contributed by atoms with E-state index in [1.165, 1.54) is 21.8 Å². The second kappa shape index (κ2) is 76.9. The Hall–Kier alpha value is -6.83. The zero-order valence-corrected chi connectivity index (χ0v) is 65.6. The van der Waals surface area contributed by atoms with Gasteiger partial charge in [0.25, 0.3) is 0 Å². The van der Waals surface area contributed by atoms with Gasteiger partial charge >= 0.3 is 18.3 Å². The maximum Gasteiger partial charge on any atom is 0.409 e. The van der Waals surface area contributed by atoms with Crippen LogP contribution >= 0.6 is 0 Å². The first-order chi connectivity index (χ1) is 52.6. The zero-order chi connectivity index (χ0) is 79.2. The summed E-state index contributed by atoms with van der Waals surface area (Å²) in [6, 6.07) is 0. The highest BCUT2D eigenvalue weighted by Gasteiger charge is 2.20. The van der Waals surface area contributed by atoms with Crippen molar-refractivity contribution < 1.29 is 100 Å². The molecule has 0 heterocycles. The smallest absolute Gasteiger partial charge is 0.409 e. The molecule has 0 saturated carbocycles. The molecular weight excluding hydrogens is 1410 g/mol. The third-order valence-corrected chi connectivity index (χ3v) is 16.8. The SMILES string of the molecule is CCCCCCC(=O)NCCCCCC(=O)NCCN(CCNC(=O)CCCCCNC(=O)CCCCCON)C(=O)OCCOCCN(CCOCCOC(=O)N(CCNC(=O)CCCCCNC(=O)CCCCCON)CCNC(=O)CCCCCNC(=O)CCCCCON)C(=O)OCCOCCOC. The van der Waals surface area contributed by atoms with Gasteiger partial charge in [0, 0.05) is 150 Å². The van der Waals surface area contributed by atoms with Gasteiger partial charge in [-0.1, -0.05) is 71.1 Å².